The number of aryl methyl sites for hydroxylation is 1. The van der Waals surface area contributed by atoms with Gasteiger partial charge in [0.15, 0.2) is 0 Å². The summed E-state index contributed by atoms with van der Waals surface area (Å²) in [5.41, 5.74) is 2.35. The van der Waals surface area contributed by atoms with E-state index < -0.39 is 0 Å². The van der Waals surface area contributed by atoms with Gasteiger partial charge in [-0.05, 0) is 43.5 Å². The largest absolute Gasteiger partial charge is 0.339 e. The number of pyridine rings is 1. The van der Waals surface area contributed by atoms with Crippen LogP contribution >= 0.6 is 11.6 Å². The molecule has 2 amide bonds. The molecule has 2 aromatic heterocycles. The first-order valence-electron chi connectivity index (χ1n) is 9.18. The summed E-state index contributed by atoms with van der Waals surface area (Å²) < 4.78 is 5.48. The molecule has 3 aromatic rings. The van der Waals surface area contributed by atoms with Crippen molar-refractivity contribution in [3.8, 4) is 11.5 Å². The van der Waals surface area contributed by atoms with Crippen LogP contribution in [0.4, 0.5) is 10.5 Å². The van der Waals surface area contributed by atoms with Gasteiger partial charge < -0.3 is 14.7 Å². The monoisotopic (exact) mass is 397 g/mol. The highest BCUT2D eigenvalue weighted by Gasteiger charge is 2.28. The second kappa shape index (κ2) is 7.98. The molecule has 144 valence electrons. The fourth-order valence-electron chi connectivity index (χ4n) is 3.30. The number of para-hydroxylation sites is 1. The number of carbonyl (C=O) groups excluding carboxylic acids is 1. The van der Waals surface area contributed by atoms with Crippen molar-refractivity contribution in [3.63, 3.8) is 0 Å². The smallest absolute Gasteiger partial charge is 0.321 e. The van der Waals surface area contributed by atoms with E-state index in [0.717, 1.165) is 24.1 Å². The van der Waals surface area contributed by atoms with Crippen molar-refractivity contribution >= 4 is 23.3 Å². The van der Waals surface area contributed by atoms with Crippen LogP contribution in [0.15, 0.2) is 47.1 Å². The number of hydrogen-bond donors (Lipinski definition) is 1. The standard InChI is InChI=1S/C20H20ClN5O2/c1-13-5-4-10-22-17(13)18-24-19(28-25-18)14-8-11-26(12-9-14)20(27)23-16-7-3-2-6-15(16)21/h2-7,10,14H,8-9,11-12H2,1H3,(H,23,27). The summed E-state index contributed by atoms with van der Waals surface area (Å²) in [6, 6.07) is 10.9. The van der Waals surface area contributed by atoms with E-state index in [1.807, 2.05) is 31.2 Å². The SMILES string of the molecule is Cc1cccnc1-c1noc(C2CCN(C(=O)Nc3ccccc3Cl)CC2)n1. The Morgan fingerprint density at radius 2 is 2.00 bits per heavy atom. The van der Waals surface area contributed by atoms with Gasteiger partial charge >= 0.3 is 6.03 Å². The van der Waals surface area contributed by atoms with Crippen molar-refractivity contribution in [2.75, 3.05) is 18.4 Å². The lowest BCUT2D eigenvalue weighted by atomic mass is 9.97. The zero-order valence-electron chi connectivity index (χ0n) is 15.4. The van der Waals surface area contributed by atoms with E-state index in [2.05, 4.69) is 20.4 Å². The van der Waals surface area contributed by atoms with Gasteiger partial charge in [0.2, 0.25) is 11.7 Å². The van der Waals surface area contributed by atoms with E-state index in [1.165, 1.54) is 0 Å². The molecule has 1 N–H and O–H groups in total. The summed E-state index contributed by atoms with van der Waals surface area (Å²) in [5.74, 6) is 1.24. The molecule has 1 aliphatic heterocycles. The fourth-order valence-corrected chi connectivity index (χ4v) is 3.49. The first kappa shape index (κ1) is 18.4. The molecule has 0 atom stereocenters. The first-order valence-corrected chi connectivity index (χ1v) is 9.55. The Bertz CT molecular complexity index is 982. The van der Waals surface area contributed by atoms with Gasteiger partial charge in [-0.1, -0.05) is 35.0 Å². The van der Waals surface area contributed by atoms with Crippen LogP contribution < -0.4 is 5.32 Å². The average molecular weight is 398 g/mol. The molecular formula is C20H20ClN5O2. The minimum Gasteiger partial charge on any atom is -0.339 e. The van der Waals surface area contributed by atoms with Crippen LogP contribution in [0.5, 0.6) is 0 Å². The number of aromatic nitrogens is 3. The zero-order chi connectivity index (χ0) is 19.5. The molecule has 28 heavy (non-hydrogen) atoms. The summed E-state index contributed by atoms with van der Waals surface area (Å²) in [5, 5.41) is 7.47. The van der Waals surface area contributed by atoms with E-state index in [1.54, 1.807) is 23.2 Å². The topological polar surface area (TPSA) is 84.2 Å². The predicted octanol–water partition coefficient (Wildman–Crippen LogP) is 4.50. The molecule has 0 aliphatic carbocycles. The van der Waals surface area contributed by atoms with E-state index in [0.29, 0.717) is 35.5 Å². The molecule has 0 spiro atoms. The Morgan fingerprint density at radius 1 is 1.21 bits per heavy atom. The van der Waals surface area contributed by atoms with Crippen LogP contribution in [0.25, 0.3) is 11.5 Å². The van der Waals surface area contributed by atoms with Crippen molar-refractivity contribution in [2.45, 2.75) is 25.7 Å². The lowest BCUT2D eigenvalue weighted by Crippen LogP contribution is -2.40. The lowest BCUT2D eigenvalue weighted by Gasteiger charge is -2.30. The number of anilines is 1. The number of likely N-dealkylation sites (tertiary alicyclic amines) is 1. The summed E-state index contributed by atoms with van der Waals surface area (Å²) in [6.07, 6.45) is 3.24. The number of urea groups is 1. The van der Waals surface area contributed by atoms with Crippen molar-refractivity contribution in [3.05, 3.63) is 59.1 Å². The summed E-state index contributed by atoms with van der Waals surface area (Å²) in [7, 11) is 0. The number of carbonyl (C=O) groups is 1. The predicted molar refractivity (Wildman–Crippen MR) is 106 cm³/mol. The quantitative estimate of drug-likeness (QED) is 0.703. The minimum atomic E-state index is -0.151. The molecule has 8 heteroatoms. The molecular weight excluding hydrogens is 378 g/mol. The molecule has 4 rings (SSSR count). The number of rotatable bonds is 3. The maximum atomic E-state index is 12.5. The third kappa shape index (κ3) is 3.84. The molecule has 1 aliphatic rings. The van der Waals surface area contributed by atoms with Gasteiger partial charge in [0.1, 0.15) is 5.69 Å². The van der Waals surface area contributed by atoms with Crippen molar-refractivity contribution in [1.82, 2.24) is 20.0 Å². The molecule has 1 fully saturated rings. The number of halogens is 1. The van der Waals surface area contributed by atoms with Crippen molar-refractivity contribution in [1.29, 1.82) is 0 Å². The van der Waals surface area contributed by atoms with Crippen molar-refractivity contribution < 1.29 is 9.32 Å². The van der Waals surface area contributed by atoms with Crippen LogP contribution in [-0.4, -0.2) is 39.1 Å². The van der Waals surface area contributed by atoms with Gasteiger partial charge in [0.05, 0.1) is 10.7 Å². The third-order valence-electron chi connectivity index (χ3n) is 4.91. The maximum Gasteiger partial charge on any atom is 0.321 e. The highest BCUT2D eigenvalue weighted by molar-refractivity contribution is 6.33. The highest BCUT2D eigenvalue weighted by Crippen LogP contribution is 2.29. The average Bonchev–Trinajstić information content (AvgIpc) is 3.20. The van der Waals surface area contributed by atoms with E-state index in [9.17, 15) is 4.79 Å². The molecule has 0 saturated carbocycles. The molecule has 3 heterocycles. The molecule has 0 unspecified atom stereocenters. The number of amides is 2. The molecule has 0 bridgehead atoms. The van der Waals surface area contributed by atoms with Crippen LogP contribution in [0, 0.1) is 6.92 Å². The number of hydrogen-bond acceptors (Lipinski definition) is 5. The third-order valence-corrected chi connectivity index (χ3v) is 5.24. The van der Waals surface area contributed by atoms with Crippen LogP contribution in [0.3, 0.4) is 0 Å². The Hall–Kier alpha value is -2.93. The van der Waals surface area contributed by atoms with Gasteiger partial charge in [-0.3, -0.25) is 4.98 Å². The first-order chi connectivity index (χ1) is 13.6. The van der Waals surface area contributed by atoms with Gasteiger partial charge in [-0.25, -0.2) is 4.79 Å². The van der Waals surface area contributed by atoms with Gasteiger partial charge in [-0.15, -0.1) is 0 Å². The number of nitrogens with one attached hydrogen (secondary N) is 1. The lowest BCUT2D eigenvalue weighted by molar-refractivity contribution is 0.187. The van der Waals surface area contributed by atoms with E-state index >= 15 is 0 Å². The number of piperidine rings is 1. The normalized spacial score (nSPS) is 14.9. The summed E-state index contributed by atoms with van der Waals surface area (Å²) in [4.78, 5) is 23.1. The molecule has 7 nitrogen and oxygen atoms in total. The van der Waals surface area contributed by atoms with E-state index in [4.69, 9.17) is 16.1 Å². The Kier molecular flexibility index (Phi) is 5.25. The Labute approximate surface area is 167 Å². The zero-order valence-corrected chi connectivity index (χ0v) is 16.2. The molecule has 0 radical (unpaired) electrons. The van der Waals surface area contributed by atoms with Crippen LogP contribution in [-0.2, 0) is 0 Å². The summed E-state index contributed by atoms with van der Waals surface area (Å²) in [6.45, 7) is 3.19. The number of benzene rings is 1. The minimum absolute atomic E-state index is 0.134. The summed E-state index contributed by atoms with van der Waals surface area (Å²) >= 11 is 6.11. The number of nitrogens with zero attached hydrogens (tertiary/aromatic N) is 4. The second-order valence-electron chi connectivity index (χ2n) is 6.80. The second-order valence-corrected chi connectivity index (χ2v) is 7.20. The Morgan fingerprint density at radius 3 is 2.75 bits per heavy atom. The van der Waals surface area contributed by atoms with Crippen molar-refractivity contribution in [2.24, 2.45) is 0 Å². The highest BCUT2D eigenvalue weighted by atomic mass is 35.5. The maximum absolute atomic E-state index is 12.5. The van der Waals surface area contributed by atoms with E-state index in [-0.39, 0.29) is 11.9 Å². The Balaban J connectivity index is 1.37. The van der Waals surface area contributed by atoms with Crippen LogP contribution in [0.1, 0.15) is 30.2 Å². The fraction of sp³-hybridized carbons (Fsp3) is 0.300. The van der Waals surface area contributed by atoms with Crippen LogP contribution in [0.2, 0.25) is 5.02 Å². The van der Waals surface area contributed by atoms with Gasteiger partial charge in [0, 0.05) is 25.2 Å². The van der Waals surface area contributed by atoms with Gasteiger partial charge in [0.25, 0.3) is 0 Å². The van der Waals surface area contributed by atoms with Gasteiger partial charge in [-0.2, -0.15) is 4.98 Å². The molecule has 1 saturated heterocycles. The molecule has 1 aromatic carbocycles.